The van der Waals surface area contributed by atoms with Gasteiger partial charge >= 0.3 is 0 Å². The first kappa shape index (κ1) is 13.5. The number of rotatable bonds is 4. The van der Waals surface area contributed by atoms with Crippen LogP contribution in [-0.2, 0) is 11.2 Å². The first-order valence-corrected chi connectivity index (χ1v) is 6.77. The van der Waals surface area contributed by atoms with Crippen molar-refractivity contribution in [2.75, 3.05) is 7.11 Å². The Labute approximate surface area is 116 Å². The summed E-state index contributed by atoms with van der Waals surface area (Å²) in [5.74, 6) is 0.511. The number of benzene rings is 1. The van der Waals surface area contributed by atoms with Crippen molar-refractivity contribution in [3.8, 4) is 17.0 Å². The highest BCUT2D eigenvalue weighted by atomic mass is 32.1. The first-order valence-electron chi connectivity index (χ1n) is 5.89. The standard InChI is InChI=1S/C14H16N2O2S/c1-8-5-12(18-3)9(2)4-10(8)11-7-19-14(16-11)6-13(15)17/h4-5,7H,6H2,1-3H3,(H2,15,17). The summed E-state index contributed by atoms with van der Waals surface area (Å²) in [6.45, 7) is 4.02. The van der Waals surface area contributed by atoms with Crippen LogP contribution in [-0.4, -0.2) is 18.0 Å². The summed E-state index contributed by atoms with van der Waals surface area (Å²) in [4.78, 5) is 15.3. The van der Waals surface area contributed by atoms with Gasteiger partial charge in [0.25, 0.3) is 0 Å². The van der Waals surface area contributed by atoms with Gasteiger partial charge in [-0.2, -0.15) is 0 Å². The minimum absolute atomic E-state index is 0.193. The monoisotopic (exact) mass is 276 g/mol. The van der Waals surface area contributed by atoms with Crippen LogP contribution in [0.1, 0.15) is 16.1 Å². The normalized spacial score (nSPS) is 10.5. The molecule has 1 aromatic carbocycles. The van der Waals surface area contributed by atoms with E-state index in [1.165, 1.54) is 11.3 Å². The summed E-state index contributed by atoms with van der Waals surface area (Å²) in [7, 11) is 1.66. The Morgan fingerprint density at radius 2 is 2.11 bits per heavy atom. The summed E-state index contributed by atoms with van der Waals surface area (Å²) in [6, 6.07) is 4.05. The van der Waals surface area contributed by atoms with Crippen LogP contribution in [0.5, 0.6) is 5.75 Å². The van der Waals surface area contributed by atoms with Crippen LogP contribution in [0.2, 0.25) is 0 Å². The molecule has 2 N–H and O–H groups in total. The van der Waals surface area contributed by atoms with Crippen molar-refractivity contribution in [1.29, 1.82) is 0 Å². The van der Waals surface area contributed by atoms with Crippen molar-refractivity contribution in [2.24, 2.45) is 5.73 Å². The molecular formula is C14H16N2O2S. The maximum absolute atomic E-state index is 10.9. The summed E-state index contributed by atoms with van der Waals surface area (Å²) < 4.78 is 5.30. The molecule has 0 aliphatic heterocycles. The molecule has 0 saturated heterocycles. The lowest BCUT2D eigenvalue weighted by atomic mass is 10.0. The molecule has 0 saturated carbocycles. The molecule has 19 heavy (non-hydrogen) atoms. The van der Waals surface area contributed by atoms with Gasteiger partial charge < -0.3 is 10.5 Å². The number of nitrogens with two attached hydrogens (primary N) is 1. The summed E-state index contributed by atoms with van der Waals surface area (Å²) in [5, 5.41) is 2.70. The van der Waals surface area contributed by atoms with E-state index in [0.29, 0.717) is 0 Å². The van der Waals surface area contributed by atoms with Crippen LogP contribution in [0, 0.1) is 13.8 Å². The van der Waals surface area contributed by atoms with Gasteiger partial charge in [-0.3, -0.25) is 4.79 Å². The first-order chi connectivity index (χ1) is 9.01. The third-order valence-electron chi connectivity index (χ3n) is 2.90. The summed E-state index contributed by atoms with van der Waals surface area (Å²) in [6.07, 6.45) is 0.193. The minimum Gasteiger partial charge on any atom is -0.496 e. The fraction of sp³-hybridized carbons (Fsp3) is 0.286. The predicted molar refractivity (Wildman–Crippen MR) is 76.5 cm³/mol. The van der Waals surface area contributed by atoms with E-state index >= 15 is 0 Å². The Balaban J connectivity index is 2.39. The van der Waals surface area contributed by atoms with E-state index in [4.69, 9.17) is 10.5 Å². The average Bonchev–Trinajstić information content (AvgIpc) is 2.79. The number of amides is 1. The van der Waals surface area contributed by atoms with Gasteiger partial charge in [-0.15, -0.1) is 11.3 Å². The Morgan fingerprint density at radius 1 is 1.37 bits per heavy atom. The number of carbonyl (C=O) groups excluding carboxylic acids is 1. The maximum atomic E-state index is 10.9. The molecule has 2 aromatic rings. The summed E-state index contributed by atoms with van der Waals surface area (Å²) >= 11 is 1.45. The topological polar surface area (TPSA) is 65.2 Å². The highest BCUT2D eigenvalue weighted by Gasteiger charge is 2.11. The van der Waals surface area contributed by atoms with Gasteiger partial charge in [0.15, 0.2) is 0 Å². The number of methoxy groups -OCH3 is 1. The highest BCUT2D eigenvalue weighted by molar-refractivity contribution is 7.10. The van der Waals surface area contributed by atoms with E-state index < -0.39 is 0 Å². The smallest absolute Gasteiger partial charge is 0.224 e. The number of nitrogens with zero attached hydrogens (tertiary/aromatic N) is 1. The van der Waals surface area contributed by atoms with E-state index in [2.05, 4.69) is 11.1 Å². The average molecular weight is 276 g/mol. The van der Waals surface area contributed by atoms with Crippen molar-refractivity contribution in [2.45, 2.75) is 20.3 Å². The molecule has 1 aromatic heterocycles. The largest absolute Gasteiger partial charge is 0.496 e. The molecule has 0 spiro atoms. The predicted octanol–water partition coefficient (Wildman–Crippen LogP) is 2.46. The van der Waals surface area contributed by atoms with Crippen molar-refractivity contribution < 1.29 is 9.53 Å². The molecule has 2 rings (SSSR count). The molecule has 0 aliphatic rings. The number of thiazole rings is 1. The molecular weight excluding hydrogens is 260 g/mol. The molecule has 0 unspecified atom stereocenters. The van der Waals surface area contributed by atoms with Gasteiger partial charge in [0.2, 0.25) is 5.91 Å². The van der Waals surface area contributed by atoms with Crippen molar-refractivity contribution in [3.63, 3.8) is 0 Å². The third kappa shape index (κ3) is 2.93. The summed E-state index contributed by atoms with van der Waals surface area (Å²) in [5.41, 5.74) is 9.27. The Hall–Kier alpha value is -1.88. The molecule has 0 atom stereocenters. The number of hydrogen-bond donors (Lipinski definition) is 1. The molecule has 1 heterocycles. The zero-order valence-electron chi connectivity index (χ0n) is 11.2. The van der Waals surface area contributed by atoms with E-state index in [9.17, 15) is 4.79 Å². The second-order valence-electron chi connectivity index (χ2n) is 4.41. The van der Waals surface area contributed by atoms with Gasteiger partial charge in [0.1, 0.15) is 10.8 Å². The number of aromatic nitrogens is 1. The van der Waals surface area contributed by atoms with Crippen LogP contribution in [0.15, 0.2) is 17.5 Å². The van der Waals surface area contributed by atoms with Crippen LogP contribution in [0.25, 0.3) is 11.3 Å². The highest BCUT2D eigenvalue weighted by Crippen LogP contribution is 2.30. The van der Waals surface area contributed by atoms with Crippen LogP contribution < -0.4 is 10.5 Å². The number of carbonyl (C=O) groups is 1. The quantitative estimate of drug-likeness (QED) is 0.933. The SMILES string of the molecule is COc1cc(C)c(-c2csc(CC(N)=O)n2)cc1C. The van der Waals surface area contributed by atoms with E-state index in [-0.39, 0.29) is 12.3 Å². The zero-order chi connectivity index (χ0) is 14.0. The number of ether oxygens (including phenoxy) is 1. The fourth-order valence-electron chi connectivity index (χ4n) is 1.95. The Bertz CT molecular complexity index is 620. The lowest BCUT2D eigenvalue weighted by Gasteiger charge is -2.09. The third-order valence-corrected chi connectivity index (χ3v) is 3.74. The van der Waals surface area contributed by atoms with Crippen LogP contribution in [0.3, 0.4) is 0 Å². The van der Waals surface area contributed by atoms with Gasteiger partial charge in [-0.25, -0.2) is 4.98 Å². The van der Waals surface area contributed by atoms with Gasteiger partial charge in [0.05, 0.1) is 19.2 Å². The van der Waals surface area contributed by atoms with Crippen molar-refractivity contribution in [1.82, 2.24) is 4.98 Å². The molecule has 0 aliphatic carbocycles. The second-order valence-corrected chi connectivity index (χ2v) is 5.35. The minimum atomic E-state index is -0.358. The maximum Gasteiger partial charge on any atom is 0.224 e. The molecule has 0 bridgehead atoms. The molecule has 0 radical (unpaired) electrons. The van der Waals surface area contributed by atoms with Gasteiger partial charge in [-0.1, -0.05) is 0 Å². The van der Waals surface area contributed by atoms with E-state index in [1.807, 2.05) is 25.3 Å². The number of primary amides is 1. The van der Waals surface area contributed by atoms with Crippen molar-refractivity contribution in [3.05, 3.63) is 33.6 Å². The fourth-order valence-corrected chi connectivity index (χ4v) is 2.75. The van der Waals surface area contributed by atoms with Gasteiger partial charge in [0, 0.05) is 10.9 Å². The number of hydrogen-bond acceptors (Lipinski definition) is 4. The lowest BCUT2D eigenvalue weighted by molar-refractivity contribution is -0.117. The molecule has 5 heteroatoms. The zero-order valence-corrected chi connectivity index (χ0v) is 12.0. The van der Waals surface area contributed by atoms with E-state index in [1.54, 1.807) is 7.11 Å². The second kappa shape index (κ2) is 5.40. The molecule has 0 fully saturated rings. The lowest BCUT2D eigenvalue weighted by Crippen LogP contribution is -2.13. The van der Waals surface area contributed by atoms with E-state index in [0.717, 1.165) is 33.1 Å². The van der Waals surface area contributed by atoms with Gasteiger partial charge in [-0.05, 0) is 37.1 Å². The van der Waals surface area contributed by atoms with Crippen molar-refractivity contribution >= 4 is 17.2 Å². The Kier molecular flexibility index (Phi) is 3.85. The Morgan fingerprint density at radius 3 is 2.74 bits per heavy atom. The molecule has 1 amide bonds. The molecule has 100 valence electrons. The molecule has 4 nitrogen and oxygen atoms in total. The van der Waals surface area contributed by atoms with Crippen LogP contribution >= 0.6 is 11.3 Å². The number of aryl methyl sites for hydroxylation is 2. The van der Waals surface area contributed by atoms with Crippen LogP contribution in [0.4, 0.5) is 0 Å².